The lowest BCUT2D eigenvalue weighted by Gasteiger charge is -2.33. The third kappa shape index (κ3) is 2.97. The first-order valence-corrected chi connectivity index (χ1v) is 11.3. The number of carbonyl (C=O) groups is 1. The van der Waals surface area contributed by atoms with Gasteiger partial charge in [0.05, 0.1) is 47.7 Å². The number of pyridine rings is 2. The van der Waals surface area contributed by atoms with E-state index in [1.165, 1.54) is 0 Å². The molecule has 1 aliphatic heterocycles. The second-order valence-corrected chi connectivity index (χ2v) is 9.31. The van der Waals surface area contributed by atoms with Crippen molar-refractivity contribution in [2.75, 3.05) is 18.6 Å². The van der Waals surface area contributed by atoms with Crippen molar-refractivity contribution in [1.82, 2.24) is 19.7 Å². The second kappa shape index (κ2) is 7.16. The van der Waals surface area contributed by atoms with Crippen molar-refractivity contribution < 1.29 is 9.53 Å². The van der Waals surface area contributed by atoms with Gasteiger partial charge in [-0.15, -0.1) is 0 Å². The number of fused-ring (bicyclic) bond motifs is 4. The van der Waals surface area contributed by atoms with E-state index in [0.29, 0.717) is 40.9 Å². The summed E-state index contributed by atoms with van der Waals surface area (Å²) in [5, 5.41) is 6.07. The Labute approximate surface area is 190 Å². The number of nitrogens with one attached hydrogen (secondary N) is 1. The maximum absolute atomic E-state index is 13.6. The molecular weight excluding hydrogens is 418 g/mol. The molecule has 168 valence electrons. The van der Waals surface area contributed by atoms with Crippen molar-refractivity contribution in [2.24, 2.45) is 5.92 Å². The quantitative estimate of drug-likeness (QED) is 0.520. The zero-order valence-corrected chi connectivity index (χ0v) is 18.9. The molecular formula is C25H25N5O3. The zero-order valence-electron chi connectivity index (χ0n) is 18.9. The van der Waals surface area contributed by atoms with E-state index < -0.39 is 0 Å². The highest BCUT2D eigenvalue weighted by molar-refractivity contribution is 6.12. The summed E-state index contributed by atoms with van der Waals surface area (Å²) in [6, 6.07) is 6.01. The van der Waals surface area contributed by atoms with Crippen molar-refractivity contribution in [2.45, 2.75) is 39.2 Å². The van der Waals surface area contributed by atoms with E-state index in [0.717, 1.165) is 47.0 Å². The Bertz CT molecular complexity index is 1500. The van der Waals surface area contributed by atoms with Gasteiger partial charge in [0.15, 0.2) is 0 Å². The molecule has 2 aliphatic rings. The first-order valence-electron chi connectivity index (χ1n) is 11.3. The van der Waals surface area contributed by atoms with Crippen LogP contribution in [0.3, 0.4) is 0 Å². The number of nitrogens with zero attached hydrogens (tertiary/aromatic N) is 4. The summed E-state index contributed by atoms with van der Waals surface area (Å²) >= 11 is 0. The highest BCUT2D eigenvalue weighted by Gasteiger charge is 2.31. The summed E-state index contributed by atoms with van der Waals surface area (Å²) < 4.78 is 7.22. The maximum atomic E-state index is 13.6. The molecule has 0 unspecified atom stereocenters. The number of benzene rings is 1. The normalized spacial score (nSPS) is 19.7. The van der Waals surface area contributed by atoms with Crippen LogP contribution in [-0.2, 0) is 6.42 Å². The fraction of sp³-hybridized carbons (Fsp3) is 0.360. The number of methoxy groups -OCH3 is 1. The molecule has 6 rings (SSSR count). The SMILES string of the molecule is COc1cc2c(cn1)N(C(=O)c1cc3[nH]c(=O)c4cnn(C5CC(C)C5)c4c3cc1C)CC2. The molecule has 8 heteroatoms. The Kier molecular flexibility index (Phi) is 4.33. The first kappa shape index (κ1) is 20.0. The fourth-order valence-electron chi connectivity index (χ4n) is 5.29. The van der Waals surface area contributed by atoms with E-state index >= 15 is 0 Å². The smallest absolute Gasteiger partial charge is 0.259 e. The molecule has 1 fully saturated rings. The number of aromatic amines is 1. The predicted molar refractivity (Wildman–Crippen MR) is 126 cm³/mol. The summed E-state index contributed by atoms with van der Waals surface area (Å²) in [5.74, 6) is 1.12. The topological polar surface area (TPSA) is 93.1 Å². The molecule has 1 saturated carbocycles. The van der Waals surface area contributed by atoms with Gasteiger partial charge in [-0.25, -0.2) is 4.98 Å². The Morgan fingerprint density at radius 3 is 2.76 bits per heavy atom. The molecule has 0 bridgehead atoms. The number of rotatable bonds is 3. The van der Waals surface area contributed by atoms with Gasteiger partial charge in [0.25, 0.3) is 11.5 Å². The van der Waals surface area contributed by atoms with E-state index in [1.54, 1.807) is 24.4 Å². The molecule has 1 amide bonds. The lowest BCUT2D eigenvalue weighted by atomic mass is 9.82. The van der Waals surface area contributed by atoms with Crippen molar-refractivity contribution in [3.05, 3.63) is 57.6 Å². The number of ether oxygens (including phenoxy) is 1. The van der Waals surface area contributed by atoms with Gasteiger partial charge in [-0.05, 0) is 55.4 Å². The van der Waals surface area contributed by atoms with Crippen molar-refractivity contribution >= 4 is 33.4 Å². The van der Waals surface area contributed by atoms with Crippen LogP contribution < -0.4 is 15.2 Å². The van der Waals surface area contributed by atoms with E-state index in [-0.39, 0.29) is 11.5 Å². The zero-order chi connectivity index (χ0) is 22.9. The van der Waals surface area contributed by atoms with E-state index in [4.69, 9.17) is 4.74 Å². The monoisotopic (exact) mass is 443 g/mol. The van der Waals surface area contributed by atoms with Crippen LogP contribution in [0.15, 0.2) is 35.4 Å². The minimum absolute atomic E-state index is 0.0950. The van der Waals surface area contributed by atoms with Gasteiger partial charge in [0, 0.05) is 23.6 Å². The number of anilines is 1. The Morgan fingerprint density at radius 2 is 2.00 bits per heavy atom. The van der Waals surface area contributed by atoms with Crippen LogP contribution in [0.4, 0.5) is 5.69 Å². The van der Waals surface area contributed by atoms with Crippen molar-refractivity contribution in [1.29, 1.82) is 0 Å². The molecule has 0 spiro atoms. The molecule has 1 aliphatic carbocycles. The lowest BCUT2D eigenvalue weighted by molar-refractivity contribution is 0.0989. The van der Waals surface area contributed by atoms with Crippen LogP contribution >= 0.6 is 0 Å². The number of H-pyrrole nitrogens is 1. The molecule has 0 atom stereocenters. The summed E-state index contributed by atoms with van der Waals surface area (Å²) in [6.45, 7) is 4.76. The fourth-order valence-corrected chi connectivity index (χ4v) is 5.29. The van der Waals surface area contributed by atoms with Gasteiger partial charge in [-0.1, -0.05) is 6.92 Å². The van der Waals surface area contributed by atoms with Crippen LogP contribution in [0, 0.1) is 12.8 Å². The third-order valence-corrected chi connectivity index (χ3v) is 7.12. The van der Waals surface area contributed by atoms with Crippen molar-refractivity contribution in [3.8, 4) is 5.88 Å². The summed E-state index contributed by atoms with van der Waals surface area (Å²) in [6.07, 6.45) is 6.23. The summed E-state index contributed by atoms with van der Waals surface area (Å²) in [7, 11) is 1.58. The molecule has 1 N–H and O–H groups in total. The molecule has 4 heterocycles. The highest BCUT2D eigenvalue weighted by atomic mass is 16.5. The van der Waals surface area contributed by atoms with Crippen LogP contribution in [0.1, 0.15) is 47.3 Å². The Morgan fingerprint density at radius 1 is 1.18 bits per heavy atom. The number of amides is 1. The van der Waals surface area contributed by atoms with Gasteiger partial charge in [0.2, 0.25) is 5.88 Å². The van der Waals surface area contributed by atoms with E-state index in [9.17, 15) is 9.59 Å². The predicted octanol–water partition coefficient (Wildman–Crippen LogP) is 3.76. The number of carbonyl (C=O) groups excluding carboxylic acids is 1. The molecule has 33 heavy (non-hydrogen) atoms. The van der Waals surface area contributed by atoms with Crippen molar-refractivity contribution in [3.63, 3.8) is 0 Å². The van der Waals surface area contributed by atoms with Crippen LogP contribution in [0.2, 0.25) is 0 Å². The average Bonchev–Trinajstić information content (AvgIpc) is 3.41. The number of hydrogen-bond acceptors (Lipinski definition) is 5. The maximum Gasteiger partial charge on any atom is 0.259 e. The third-order valence-electron chi connectivity index (χ3n) is 7.12. The van der Waals surface area contributed by atoms with Crippen LogP contribution in [-0.4, -0.2) is 39.3 Å². The second-order valence-electron chi connectivity index (χ2n) is 9.31. The van der Waals surface area contributed by atoms with Gasteiger partial charge in [-0.3, -0.25) is 14.3 Å². The largest absolute Gasteiger partial charge is 0.481 e. The highest BCUT2D eigenvalue weighted by Crippen LogP contribution is 2.39. The molecule has 0 radical (unpaired) electrons. The number of aromatic nitrogens is 4. The number of aryl methyl sites for hydroxylation is 1. The van der Waals surface area contributed by atoms with Gasteiger partial charge >= 0.3 is 0 Å². The molecule has 8 nitrogen and oxygen atoms in total. The Balaban J connectivity index is 1.46. The van der Waals surface area contributed by atoms with E-state index in [1.807, 2.05) is 29.8 Å². The summed E-state index contributed by atoms with van der Waals surface area (Å²) in [5.41, 5.74) is 4.62. The van der Waals surface area contributed by atoms with Crippen LogP contribution in [0.25, 0.3) is 21.8 Å². The molecule has 0 saturated heterocycles. The molecule has 4 aromatic rings. The van der Waals surface area contributed by atoms with Gasteiger partial charge in [0.1, 0.15) is 0 Å². The number of hydrogen-bond donors (Lipinski definition) is 1. The first-order chi connectivity index (χ1) is 15.9. The minimum atomic E-state index is -0.179. The lowest BCUT2D eigenvalue weighted by Crippen LogP contribution is -2.29. The van der Waals surface area contributed by atoms with E-state index in [2.05, 4.69) is 22.0 Å². The average molecular weight is 444 g/mol. The molecule has 1 aromatic carbocycles. The Hall–Kier alpha value is -3.68. The van der Waals surface area contributed by atoms with Crippen LogP contribution in [0.5, 0.6) is 5.88 Å². The summed E-state index contributed by atoms with van der Waals surface area (Å²) in [4.78, 5) is 35.4. The standard InChI is InChI=1S/C25H25N5O3/c1-13-6-16(7-13)30-23-18-8-14(2)17(10-20(18)28-24(31)19(23)11-27-30)25(32)29-5-4-15-9-22(33-3)26-12-21(15)29/h8-13,16H,4-7H2,1-3H3,(H,28,31). The van der Waals surface area contributed by atoms with Gasteiger partial charge in [-0.2, -0.15) is 5.10 Å². The van der Waals surface area contributed by atoms with Gasteiger partial charge < -0.3 is 14.6 Å². The minimum Gasteiger partial charge on any atom is -0.481 e. The molecule has 3 aromatic heterocycles.